The lowest BCUT2D eigenvalue weighted by molar-refractivity contribution is -0.113. The molecule has 0 aliphatic heterocycles. The molecule has 3 aromatic rings. The van der Waals surface area contributed by atoms with Crippen LogP contribution in [0.5, 0.6) is 0 Å². The molecule has 0 aliphatic carbocycles. The van der Waals surface area contributed by atoms with Crippen LogP contribution in [0.4, 0.5) is 5.69 Å². The van der Waals surface area contributed by atoms with Gasteiger partial charge >= 0.3 is 5.97 Å². The van der Waals surface area contributed by atoms with Gasteiger partial charge in [-0.15, -0.1) is 5.10 Å². The molecule has 144 valence electrons. The molecule has 2 aromatic carbocycles. The third-order valence-electron chi connectivity index (χ3n) is 3.54. The first-order valence-corrected chi connectivity index (χ1v) is 9.68. The summed E-state index contributed by atoms with van der Waals surface area (Å²) in [4.78, 5) is 24.4. The molecule has 0 aliphatic rings. The Labute approximate surface area is 170 Å². The van der Waals surface area contributed by atoms with Crippen molar-refractivity contribution in [3.8, 4) is 5.69 Å². The molecule has 1 N–H and O–H groups in total. The number of carbonyl (C=O) groups is 2. The molecule has 0 saturated heterocycles. The number of nitrogens with zero attached hydrogens (tertiary/aromatic N) is 4. The van der Waals surface area contributed by atoms with Gasteiger partial charge < -0.3 is 10.1 Å². The van der Waals surface area contributed by atoms with Crippen LogP contribution in [-0.2, 0) is 9.53 Å². The van der Waals surface area contributed by atoms with Crippen LogP contribution in [0.3, 0.4) is 0 Å². The van der Waals surface area contributed by atoms with Gasteiger partial charge in [0, 0.05) is 5.02 Å². The third kappa shape index (κ3) is 4.87. The highest BCUT2D eigenvalue weighted by atomic mass is 35.5. The Kier molecular flexibility index (Phi) is 6.62. The molecule has 0 spiro atoms. The number of para-hydroxylation sites is 1. The van der Waals surface area contributed by atoms with Crippen LogP contribution in [0.15, 0.2) is 53.7 Å². The molecular weight excluding hydrogens is 402 g/mol. The van der Waals surface area contributed by atoms with E-state index >= 15 is 0 Å². The Balaban J connectivity index is 1.66. The van der Waals surface area contributed by atoms with Crippen LogP contribution in [0.2, 0.25) is 5.02 Å². The Morgan fingerprint density at radius 3 is 2.68 bits per heavy atom. The van der Waals surface area contributed by atoms with Gasteiger partial charge in [0.05, 0.1) is 29.3 Å². The monoisotopic (exact) mass is 417 g/mol. The first-order chi connectivity index (χ1) is 13.6. The summed E-state index contributed by atoms with van der Waals surface area (Å²) in [5, 5.41) is 15.3. The molecule has 1 amide bonds. The van der Waals surface area contributed by atoms with Crippen LogP contribution in [0.1, 0.15) is 17.3 Å². The summed E-state index contributed by atoms with van der Waals surface area (Å²) in [7, 11) is 0. The van der Waals surface area contributed by atoms with E-state index in [1.807, 2.05) is 0 Å². The third-order valence-corrected chi connectivity index (χ3v) is 4.71. The molecule has 0 fully saturated rings. The number of ether oxygens (including phenoxy) is 1. The van der Waals surface area contributed by atoms with Gasteiger partial charge in [0.15, 0.2) is 0 Å². The Bertz CT molecular complexity index is 977. The molecule has 0 unspecified atom stereocenters. The molecule has 0 bridgehead atoms. The van der Waals surface area contributed by atoms with E-state index in [1.54, 1.807) is 55.5 Å². The number of amides is 1. The van der Waals surface area contributed by atoms with Gasteiger partial charge in [0.2, 0.25) is 11.1 Å². The van der Waals surface area contributed by atoms with Crippen LogP contribution in [-0.4, -0.2) is 44.4 Å². The van der Waals surface area contributed by atoms with E-state index in [9.17, 15) is 9.59 Å². The van der Waals surface area contributed by atoms with Gasteiger partial charge in [-0.3, -0.25) is 4.79 Å². The summed E-state index contributed by atoms with van der Waals surface area (Å²) >= 11 is 7.07. The Morgan fingerprint density at radius 2 is 1.93 bits per heavy atom. The fourth-order valence-corrected chi connectivity index (χ4v) is 3.13. The quantitative estimate of drug-likeness (QED) is 0.465. The number of halogens is 1. The first kappa shape index (κ1) is 19.8. The summed E-state index contributed by atoms with van der Waals surface area (Å²) in [6.07, 6.45) is 0. The van der Waals surface area contributed by atoms with Gasteiger partial charge in [0.25, 0.3) is 0 Å². The number of hydrogen-bond acceptors (Lipinski definition) is 7. The van der Waals surface area contributed by atoms with Crippen molar-refractivity contribution >= 4 is 40.9 Å². The summed E-state index contributed by atoms with van der Waals surface area (Å²) in [6, 6.07) is 13.7. The number of aromatic nitrogens is 4. The average molecular weight is 418 g/mol. The molecule has 0 radical (unpaired) electrons. The van der Waals surface area contributed by atoms with Crippen molar-refractivity contribution in [2.24, 2.45) is 0 Å². The predicted octanol–water partition coefficient (Wildman–Crippen LogP) is 3.22. The van der Waals surface area contributed by atoms with E-state index in [0.29, 0.717) is 21.4 Å². The number of nitrogens with one attached hydrogen (secondary N) is 1. The van der Waals surface area contributed by atoms with Crippen molar-refractivity contribution in [1.82, 2.24) is 20.2 Å². The largest absolute Gasteiger partial charge is 0.462 e. The van der Waals surface area contributed by atoms with Crippen LogP contribution in [0, 0.1) is 0 Å². The molecule has 10 heteroatoms. The topological polar surface area (TPSA) is 99.0 Å². The number of rotatable bonds is 7. The molecule has 0 atom stereocenters. The number of benzene rings is 2. The van der Waals surface area contributed by atoms with Crippen molar-refractivity contribution < 1.29 is 14.3 Å². The van der Waals surface area contributed by atoms with Crippen LogP contribution >= 0.6 is 23.4 Å². The maximum Gasteiger partial charge on any atom is 0.340 e. The number of carbonyl (C=O) groups excluding carboxylic acids is 2. The number of esters is 1. The Hall–Kier alpha value is -2.91. The van der Waals surface area contributed by atoms with Gasteiger partial charge in [-0.25, -0.2) is 4.79 Å². The van der Waals surface area contributed by atoms with Crippen molar-refractivity contribution in [3.63, 3.8) is 0 Å². The SMILES string of the molecule is CCOC(=O)c1ccccc1NC(=O)CSc1nnnn1-c1ccc(Cl)cc1. The zero-order chi connectivity index (χ0) is 19.9. The van der Waals surface area contributed by atoms with E-state index in [4.69, 9.17) is 16.3 Å². The normalized spacial score (nSPS) is 10.5. The van der Waals surface area contributed by atoms with Crippen molar-refractivity contribution in [3.05, 3.63) is 59.1 Å². The number of anilines is 1. The molecule has 0 saturated carbocycles. The van der Waals surface area contributed by atoms with Crippen molar-refractivity contribution in [2.45, 2.75) is 12.1 Å². The molecule has 1 heterocycles. The lowest BCUT2D eigenvalue weighted by Gasteiger charge is -2.10. The van der Waals surface area contributed by atoms with E-state index < -0.39 is 5.97 Å². The van der Waals surface area contributed by atoms with Gasteiger partial charge in [-0.05, 0) is 53.7 Å². The highest BCUT2D eigenvalue weighted by molar-refractivity contribution is 7.99. The standard InChI is InChI=1S/C18H16ClN5O3S/c1-2-27-17(26)14-5-3-4-6-15(14)20-16(25)11-28-18-21-22-23-24(18)13-9-7-12(19)8-10-13/h3-10H,2,11H2,1H3,(H,20,25). The second-order valence-corrected chi connectivity index (χ2v) is 6.83. The molecular formula is C18H16ClN5O3S. The summed E-state index contributed by atoms with van der Waals surface area (Å²) < 4.78 is 6.52. The number of tetrazole rings is 1. The molecule has 8 nitrogen and oxygen atoms in total. The Morgan fingerprint density at radius 1 is 1.18 bits per heavy atom. The average Bonchev–Trinajstić information content (AvgIpc) is 3.16. The fourth-order valence-electron chi connectivity index (χ4n) is 2.31. The highest BCUT2D eigenvalue weighted by Gasteiger charge is 2.16. The van der Waals surface area contributed by atoms with Crippen LogP contribution < -0.4 is 5.32 Å². The maximum absolute atomic E-state index is 12.4. The second-order valence-electron chi connectivity index (χ2n) is 5.45. The fraction of sp³-hybridized carbons (Fsp3) is 0.167. The lowest BCUT2D eigenvalue weighted by atomic mass is 10.2. The smallest absolute Gasteiger partial charge is 0.340 e. The van der Waals surface area contributed by atoms with Gasteiger partial charge in [-0.2, -0.15) is 4.68 Å². The lowest BCUT2D eigenvalue weighted by Crippen LogP contribution is -2.17. The van der Waals surface area contributed by atoms with Crippen molar-refractivity contribution in [1.29, 1.82) is 0 Å². The molecule has 3 rings (SSSR count). The van der Waals surface area contributed by atoms with Gasteiger partial charge in [0.1, 0.15) is 0 Å². The second kappa shape index (κ2) is 9.34. The zero-order valence-corrected chi connectivity index (χ0v) is 16.4. The molecule has 1 aromatic heterocycles. The van der Waals surface area contributed by atoms with Gasteiger partial charge in [-0.1, -0.05) is 35.5 Å². The summed E-state index contributed by atoms with van der Waals surface area (Å²) in [5.41, 5.74) is 1.42. The minimum atomic E-state index is -0.488. The number of thioether (sulfide) groups is 1. The van der Waals surface area contributed by atoms with Crippen molar-refractivity contribution in [2.75, 3.05) is 17.7 Å². The number of hydrogen-bond donors (Lipinski definition) is 1. The van der Waals surface area contributed by atoms with E-state index in [2.05, 4.69) is 20.8 Å². The van der Waals surface area contributed by atoms with Crippen LogP contribution in [0.25, 0.3) is 5.69 Å². The minimum absolute atomic E-state index is 0.0606. The summed E-state index contributed by atoms with van der Waals surface area (Å²) in [6.45, 7) is 1.98. The van der Waals surface area contributed by atoms with E-state index in [-0.39, 0.29) is 18.3 Å². The zero-order valence-electron chi connectivity index (χ0n) is 14.8. The maximum atomic E-state index is 12.4. The van der Waals surface area contributed by atoms with E-state index in [0.717, 1.165) is 5.69 Å². The highest BCUT2D eigenvalue weighted by Crippen LogP contribution is 2.21. The minimum Gasteiger partial charge on any atom is -0.462 e. The predicted molar refractivity (Wildman–Crippen MR) is 106 cm³/mol. The summed E-state index contributed by atoms with van der Waals surface area (Å²) in [5.74, 6) is -0.726. The van der Waals surface area contributed by atoms with E-state index in [1.165, 1.54) is 16.4 Å². The first-order valence-electron chi connectivity index (χ1n) is 8.31. The molecule has 28 heavy (non-hydrogen) atoms.